The van der Waals surface area contributed by atoms with Gasteiger partial charge in [0.2, 0.25) is 0 Å². The number of hydrogen-bond donors (Lipinski definition) is 5. The predicted molar refractivity (Wildman–Crippen MR) is 120 cm³/mol. The van der Waals surface area contributed by atoms with Gasteiger partial charge >= 0.3 is 0 Å². The summed E-state index contributed by atoms with van der Waals surface area (Å²) in [7, 11) is 0. The third kappa shape index (κ3) is 4.43. The summed E-state index contributed by atoms with van der Waals surface area (Å²) in [6.07, 6.45) is 1.39. The minimum absolute atomic E-state index is 0.0271. The molecule has 0 saturated carbocycles. The van der Waals surface area contributed by atoms with E-state index in [-0.39, 0.29) is 58.4 Å². The number of carbonyl (C=O) groups excluding carboxylic acids is 1. The van der Waals surface area contributed by atoms with Crippen LogP contribution in [0, 0.1) is 5.92 Å². The molecule has 7 nitrogen and oxygen atoms in total. The summed E-state index contributed by atoms with van der Waals surface area (Å²) in [6, 6.07) is 4.13. The molecule has 2 aromatic carbocycles. The van der Waals surface area contributed by atoms with E-state index in [1.165, 1.54) is 18.2 Å². The Morgan fingerprint density at radius 1 is 1.19 bits per heavy atom. The summed E-state index contributed by atoms with van der Waals surface area (Å²) in [4.78, 5) is 13.1. The van der Waals surface area contributed by atoms with Gasteiger partial charge in [-0.1, -0.05) is 44.2 Å². The van der Waals surface area contributed by atoms with Gasteiger partial charge in [0.15, 0.2) is 17.3 Å². The fraction of sp³-hybridized carbons (Fsp3) is 0.320. The minimum atomic E-state index is -1.01. The molecule has 0 saturated heterocycles. The van der Waals surface area contributed by atoms with Crippen LogP contribution in [0.3, 0.4) is 0 Å². The Labute approximate surface area is 186 Å². The van der Waals surface area contributed by atoms with Gasteiger partial charge in [-0.2, -0.15) is 0 Å². The van der Waals surface area contributed by atoms with Crippen molar-refractivity contribution in [3.63, 3.8) is 0 Å². The Hall–Kier alpha value is -3.45. The standard InChI is InChI=1S/C25H28O7/c1-12(2)5-7-15-23(30)16(10-18(27)13(3)4)24(31)22-20(29)11-21(32-25(15)22)14-6-8-17(26)19(28)9-14/h5-9,12,18,21,26-28,30-31H,3,10-11H2,1-2,4H3. The van der Waals surface area contributed by atoms with Gasteiger partial charge in [-0.25, -0.2) is 0 Å². The first-order chi connectivity index (χ1) is 15.0. The molecule has 0 amide bonds. The topological polar surface area (TPSA) is 127 Å². The number of phenols is 4. The van der Waals surface area contributed by atoms with Crippen molar-refractivity contribution in [3.8, 4) is 28.7 Å². The first-order valence-corrected chi connectivity index (χ1v) is 10.3. The maximum Gasteiger partial charge on any atom is 0.174 e. The Balaban J connectivity index is 2.17. The first-order valence-electron chi connectivity index (χ1n) is 10.3. The van der Waals surface area contributed by atoms with Gasteiger partial charge < -0.3 is 30.3 Å². The highest BCUT2D eigenvalue weighted by Crippen LogP contribution is 2.49. The highest BCUT2D eigenvalue weighted by molar-refractivity contribution is 6.04. The van der Waals surface area contributed by atoms with Crippen LogP contribution in [0.1, 0.15) is 60.3 Å². The smallest absolute Gasteiger partial charge is 0.174 e. The Kier molecular flexibility index (Phi) is 6.50. The van der Waals surface area contributed by atoms with E-state index in [9.17, 15) is 30.3 Å². The summed E-state index contributed by atoms with van der Waals surface area (Å²) >= 11 is 0. The number of fused-ring (bicyclic) bond motifs is 1. The number of rotatable bonds is 6. The highest BCUT2D eigenvalue weighted by atomic mass is 16.5. The molecule has 0 aliphatic carbocycles. The van der Waals surface area contributed by atoms with Crippen molar-refractivity contribution in [2.24, 2.45) is 5.92 Å². The minimum Gasteiger partial charge on any atom is -0.507 e. The van der Waals surface area contributed by atoms with Crippen molar-refractivity contribution < 1.29 is 35.1 Å². The zero-order valence-corrected chi connectivity index (χ0v) is 18.3. The maximum absolute atomic E-state index is 13.1. The van der Waals surface area contributed by atoms with E-state index >= 15 is 0 Å². The van der Waals surface area contributed by atoms with Crippen LogP contribution >= 0.6 is 0 Å². The summed E-state index contributed by atoms with van der Waals surface area (Å²) < 4.78 is 6.05. The molecule has 1 aliphatic heterocycles. The van der Waals surface area contributed by atoms with Crippen LogP contribution < -0.4 is 4.74 Å². The summed E-state index contributed by atoms with van der Waals surface area (Å²) in [6.45, 7) is 9.21. The molecule has 2 unspecified atom stereocenters. The molecule has 0 radical (unpaired) electrons. The molecule has 7 heteroatoms. The predicted octanol–water partition coefficient (Wildman–Crippen LogP) is 4.36. The number of phenolic OH excluding ortho intramolecular Hbond substituents is 4. The number of benzene rings is 2. The van der Waals surface area contributed by atoms with Gasteiger partial charge in [0.05, 0.1) is 18.1 Å². The second kappa shape index (κ2) is 8.96. The number of ketones is 1. The third-order valence-electron chi connectivity index (χ3n) is 5.43. The van der Waals surface area contributed by atoms with Crippen molar-refractivity contribution in [2.75, 3.05) is 0 Å². The second-order valence-electron chi connectivity index (χ2n) is 8.44. The Morgan fingerprint density at radius 3 is 2.47 bits per heavy atom. The molecule has 32 heavy (non-hydrogen) atoms. The lowest BCUT2D eigenvalue weighted by molar-refractivity contribution is 0.0842. The second-order valence-corrected chi connectivity index (χ2v) is 8.44. The van der Waals surface area contributed by atoms with Gasteiger partial charge in [0.25, 0.3) is 0 Å². The molecule has 0 aromatic heterocycles. The third-order valence-corrected chi connectivity index (χ3v) is 5.43. The average molecular weight is 440 g/mol. The van der Waals surface area contributed by atoms with Crippen molar-refractivity contribution in [3.05, 3.63) is 58.7 Å². The number of allylic oxidation sites excluding steroid dienone is 1. The summed E-state index contributed by atoms with van der Waals surface area (Å²) in [5.41, 5.74) is 1.11. The number of aliphatic hydroxyl groups excluding tert-OH is 1. The van der Waals surface area contributed by atoms with Gasteiger partial charge in [-0.3, -0.25) is 4.79 Å². The van der Waals surface area contributed by atoms with Crippen LogP contribution in [0.5, 0.6) is 28.7 Å². The van der Waals surface area contributed by atoms with Gasteiger partial charge in [-0.05, 0) is 30.5 Å². The molecular formula is C25H28O7. The molecule has 2 atom stereocenters. The Bertz CT molecular complexity index is 1100. The van der Waals surface area contributed by atoms with Crippen LogP contribution in [-0.2, 0) is 6.42 Å². The highest BCUT2D eigenvalue weighted by Gasteiger charge is 2.36. The summed E-state index contributed by atoms with van der Waals surface area (Å²) in [5, 5.41) is 51.5. The van der Waals surface area contributed by atoms with Crippen molar-refractivity contribution >= 4 is 11.9 Å². The van der Waals surface area contributed by atoms with E-state index in [0.717, 1.165) is 0 Å². The van der Waals surface area contributed by atoms with E-state index in [1.54, 1.807) is 13.0 Å². The number of aromatic hydroxyl groups is 4. The number of carbonyl (C=O) groups is 1. The van der Waals surface area contributed by atoms with Crippen LogP contribution in [-0.4, -0.2) is 37.4 Å². The van der Waals surface area contributed by atoms with Gasteiger partial charge in [-0.15, -0.1) is 0 Å². The molecule has 0 fully saturated rings. The molecule has 1 aliphatic rings. The zero-order valence-electron chi connectivity index (χ0n) is 18.3. The van der Waals surface area contributed by atoms with Crippen molar-refractivity contribution in [1.29, 1.82) is 0 Å². The van der Waals surface area contributed by atoms with Crippen molar-refractivity contribution in [2.45, 2.75) is 45.8 Å². The molecule has 1 heterocycles. The van der Waals surface area contributed by atoms with Gasteiger partial charge in [0, 0.05) is 12.0 Å². The van der Waals surface area contributed by atoms with E-state index in [0.29, 0.717) is 11.1 Å². The number of aliphatic hydroxyl groups is 1. The number of hydrogen-bond acceptors (Lipinski definition) is 7. The monoisotopic (exact) mass is 440 g/mol. The lowest BCUT2D eigenvalue weighted by Crippen LogP contribution is -2.22. The number of Topliss-reactive ketones (excluding diaryl/α,β-unsaturated/α-hetero) is 1. The molecule has 5 N–H and O–H groups in total. The maximum atomic E-state index is 13.1. The van der Waals surface area contributed by atoms with E-state index < -0.39 is 23.7 Å². The van der Waals surface area contributed by atoms with E-state index in [4.69, 9.17) is 4.74 Å². The van der Waals surface area contributed by atoms with E-state index in [2.05, 4.69) is 6.58 Å². The average Bonchev–Trinajstić information content (AvgIpc) is 2.71. The fourth-order valence-corrected chi connectivity index (χ4v) is 3.54. The molecule has 3 rings (SSSR count). The van der Waals surface area contributed by atoms with Gasteiger partial charge in [0.1, 0.15) is 28.9 Å². The molecule has 0 spiro atoms. The zero-order chi connectivity index (χ0) is 23.7. The van der Waals surface area contributed by atoms with E-state index in [1.807, 2.05) is 19.9 Å². The normalized spacial score (nSPS) is 16.8. The summed E-state index contributed by atoms with van der Waals surface area (Å²) in [5.74, 6) is -1.62. The molecule has 0 bridgehead atoms. The molecular weight excluding hydrogens is 412 g/mol. The van der Waals surface area contributed by atoms with Crippen LogP contribution in [0.15, 0.2) is 36.4 Å². The lowest BCUT2D eigenvalue weighted by atomic mass is 9.88. The molecule has 170 valence electrons. The molecule has 2 aromatic rings. The quantitative estimate of drug-likeness (QED) is 0.333. The first kappa shape index (κ1) is 23.2. The van der Waals surface area contributed by atoms with Crippen LogP contribution in [0.25, 0.3) is 6.08 Å². The Morgan fingerprint density at radius 2 is 1.88 bits per heavy atom. The van der Waals surface area contributed by atoms with Crippen LogP contribution in [0.2, 0.25) is 0 Å². The largest absolute Gasteiger partial charge is 0.507 e. The number of ether oxygens (including phenoxy) is 1. The van der Waals surface area contributed by atoms with Crippen LogP contribution in [0.4, 0.5) is 0 Å². The SMILES string of the molecule is C=C(C)C(O)Cc1c(O)c(C=CC(C)C)c2c(c1O)C(=O)CC(c1ccc(O)c(O)c1)O2. The fourth-order valence-electron chi connectivity index (χ4n) is 3.54. The lowest BCUT2D eigenvalue weighted by Gasteiger charge is -2.29. The van der Waals surface area contributed by atoms with Crippen molar-refractivity contribution in [1.82, 2.24) is 0 Å².